The second-order valence-corrected chi connectivity index (χ2v) is 5.63. The molecular formula is C16H21N5O2. The first-order valence-electron chi connectivity index (χ1n) is 8.04. The molecule has 1 saturated heterocycles. The Bertz CT molecular complexity index is 618. The average Bonchev–Trinajstić information content (AvgIpc) is 3.11. The molecule has 2 aromatic heterocycles. The summed E-state index contributed by atoms with van der Waals surface area (Å²) in [6.45, 7) is 3.53. The molecule has 0 N–H and O–H groups in total. The summed E-state index contributed by atoms with van der Waals surface area (Å²) in [5.41, 5.74) is 0. The number of carbonyl (C=O) groups excluding carboxylic acids is 1. The van der Waals surface area contributed by atoms with Gasteiger partial charge in [-0.1, -0.05) is 6.92 Å². The predicted octanol–water partition coefficient (Wildman–Crippen LogP) is 1.83. The Hall–Kier alpha value is -2.44. The third-order valence-electron chi connectivity index (χ3n) is 3.91. The summed E-state index contributed by atoms with van der Waals surface area (Å²) in [7, 11) is 0. The summed E-state index contributed by atoms with van der Waals surface area (Å²) in [5, 5.41) is 12.3. The van der Waals surface area contributed by atoms with Gasteiger partial charge in [0.25, 0.3) is 0 Å². The predicted molar refractivity (Wildman–Crippen MR) is 84.3 cm³/mol. The van der Waals surface area contributed by atoms with Crippen molar-refractivity contribution >= 4 is 5.91 Å². The molecule has 3 rings (SSSR count). The molecule has 2 aromatic rings. The SMILES string of the molecule is CCCC(=O)N1CCC(Oc2ccc(-n3cccn3)nn2)CC1. The number of amides is 1. The molecule has 1 fully saturated rings. The zero-order valence-electron chi connectivity index (χ0n) is 13.3. The summed E-state index contributed by atoms with van der Waals surface area (Å²) in [4.78, 5) is 13.8. The van der Waals surface area contributed by atoms with Crippen LogP contribution in [0.4, 0.5) is 0 Å². The summed E-state index contributed by atoms with van der Waals surface area (Å²) >= 11 is 0. The van der Waals surface area contributed by atoms with Crippen LogP contribution in [0.15, 0.2) is 30.6 Å². The fourth-order valence-corrected chi connectivity index (χ4v) is 2.67. The van der Waals surface area contributed by atoms with Gasteiger partial charge in [0.05, 0.1) is 0 Å². The standard InChI is InChI=1S/C16H21N5O2/c1-2-4-16(22)20-11-7-13(8-12-20)23-15-6-5-14(18-19-15)21-10-3-9-17-21/h3,5-6,9-10,13H,2,4,7-8,11-12H2,1H3. The van der Waals surface area contributed by atoms with Crippen molar-refractivity contribution in [1.29, 1.82) is 0 Å². The molecular weight excluding hydrogens is 294 g/mol. The first-order valence-corrected chi connectivity index (χ1v) is 8.04. The monoisotopic (exact) mass is 315 g/mol. The van der Waals surface area contributed by atoms with Crippen molar-refractivity contribution in [2.45, 2.75) is 38.7 Å². The topological polar surface area (TPSA) is 73.1 Å². The highest BCUT2D eigenvalue weighted by Gasteiger charge is 2.23. The zero-order chi connectivity index (χ0) is 16.1. The Morgan fingerprint density at radius 2 is 2.13 bits per heavy atom. The second-order valence-electron chi connectivity index (χ2n) is 5.63. The van der Waals surface area contributed by atoms with E-state index >= 15 is 0 Å². The first-order chi connectivity index (χ1) is 11.3. The van der Waals surface area contributed by atoms with Crippen LogP contribution in [-0.4, -0.2) is 50.0 Å². The smallest absolute Gasteiger partial charge is 0.233 e. The molecule has 0 atom stereocenters. The number of ether oxygens (including phenoxy) is 1. The van der Waals surface area contributed by atoms with Crippen molar-refractivity contribution in [3.05, 3.63) is 30.6 Å². The highest BCUT2D eigenvalue weighted by Crippen LogP contribution is 2.18. The number of nitrogens with zero attached hydrogens (tertiary/aromatic N) is 5. The number of rotatable bonds is 5. The molecule has 7 heteroatoms. The molecule has 0 unspecified atom stereocenters. The Balaban J connectivity index is 1.52. The summed E-state index contributed by atoms with van der Waals surface area (Å²) in [5.74, 6) is 1.41. The van der Waals surface area contributed by atoms with Gasteiger partial charge in [0, 0.05) is 50.8 Å². The fraction of sp³-hybridized carbons (Fsp3) is 0.500. The minimum atomic E-state index is 0.0885. The average molecular weight is 315 g/mol. The third kappa shape index (κ3) is 3.85. The van der Waals surface area contributed by atoms with E-state index in [1.54, 1.807) is 16.9 Å². The second kappa shape index (κ2) is 7.21. The van der Waals surface area contributed by atoms with Crippen LogP contribution in [0.1, 0.15) is 32.6 Å². The maximum Gasteiger partial charge on any atom is 0.233 e. The lowest BCUT2D eigenvalue weighted by atomic mass is 10.1. The van der Waals surface area contributed by atoms with Gasteiger partial charge in [-0.15, -0.1) is 10.2 Å². The van der Waals surface area contributed by atoms with Crippen LogP contribution in [-0.2, 0) is 4.79 Å². The van der Waals surface area contributed by atoms with Gasteiger partial charge in [0.1, 0.15) is 6.10 Å². The molecule has 0 aromatic carbocycles. The lowest BCUT2D eigenvalue weighted by Gasteiger charge is -2.31. The molecule has 0 bridgehead atoms. The number of hydrogen-bond acceptors (Lipinski definition) is 5. The van der Waals surface area contributed by atoms with Crippen LogP contribution in [0.2, 0.25) is 0 Å². The van der Waals surface area contributed by atoms with E-state index in [4.69, 9.17) is 4.74 Å². The Morgan fingerprint density at radius 3 is 2.74 bits per heavy atom. The van der Waals surface area contributed by atoms with Crippen molar-refractivity contribution < 1.29 is 9.53 Å². The summed E-state index contributed by atoms with van der Waals surface area (Å²) in [6.07, 6.45) is 6.79. The van der Waals surface area contributed by atoms with Gasteiger partial charge in [-0.2, -0.15) is 5.10 Å². The highest BCUT2D eigenvalue weighted by atomic mass is 16.5. The first kappa shape index (κ1) is 15.5. The number of carbonyl (C=O) groups is 1. The molecule has 1 amide bonds. The van der Waals surface area contributed by atoms with Crippen molar-refractivity contribution in [2.24, 2.45) is 0 Å². The molecule has 0 saturated carbocycles. The van der Waals surface area contributed by atoms with Gasteiger partial charge >= 0.3 is 0 Å². The summed E-state index contributed by atoms with van der Waals surface area (Å²) < 4.78 is 7.52. The van der Waals surface area contributed by atoms with Gasteiger partial charge in [-0.05, 0) is 18.6 Å². The number of hydrogen-bond donors (Lipinski definition) is 0. The lowest BCUT2D eigenvalue weighted by Crippen LogP contribution is -2.41. The number of likely N-dealkylation sites (tertiary alicyclic amines) is 1. The Labute approximate surface area is 135 Å². The molecule has 1 aliphatic heterocycles. The van der Waals surface area contributed by atoms with Crippen LogP contribution in [0.3, 0.4) is 0 Å². The van der Waals surface area contributed by atoms with E-state index in [2.05, 4.69) is 15.3 Å². The maximum atomic E-state index is 11.9. The quantitative estimate of drug-likeness (QED) is 0.841. The molecule has 0 spiro atoms. The summed E-state index contributed by atoms with van der Waals surface area (Å²) in [6, 6.07) is 5.47. The van der Waals surface area contributed by atoms with Crippen LogP contribution in [0.25, 0.3) is 5.82 Å². The van der Waals surface area contributed by atoms with Crippen molar-refractivity contribution in [2.75, 3.05) is 13.1 Å². The van der Waals surface area contributed by atoms with Gasteiger partial charge in [-0.25, -0.2) is 4.68 Å². The van der Waals surface area contributed by atoms with E-state index in [1.165, 1.54) is 0 Å². The van der Waals surface area contributed by atoms with Crippen LogP contribution < -0.4 is 4.74 Å². The van der Waals surface area contributed by atoms with E-state index in [9.17, 15) is 4.79 Å². The molecule has 122 valence electrons. The number of aromatic nitrogens is 4. The minimum absolute atomic E-state index is 0.0885. The van der Waals surface area contributed by atoms with Crippen LogP contribution in [0.5, 0.6) is 5.88 Å². The fourth-order valence-electron chi connectivity index (χ4n) is 2.67. The largest absolute Gasteiger partial charge is 0.473 e. The van der Waals surface area contributed by atoms with E-state index in [0.717, 1.165) is 32.4 Å². The van der Waals surface area contributed by atoms with Crippen molar-refractivity contribution in [1.82, 2.24) is 24.9 Å². The van der Waals surface area contributed by atoms with Gasteiger partial charge in [-0.3, -0.25) is 4.79 Å². The van der Waals surface area contributed by atoms with Crippen molar-refractivity contribution in [3.8, 4) is 11.7 Å². The van der Waals surface area contributed by atoms with Crippen LogP contribution >= 0.6 is 0 Å². The molecule has 7 nitrogen and oxygen atoms in total. The van der Waals surface area contributed by atoms with Crippen molar-refractivity contribution in [3.63, 3.8) is 0 Å². The third-order valence-corrected chi connectivity index (χ3v) is 3.91. The highest BCUT2D eigenvalue weighted by molar-refractivity contribution is 5.76. The molecule has 3 heterocycles. The van der Waals surface area contributed by atoms with Crippen LogP contribution in [0, 0.1) is 0 Å². The van der Waals surface area contributed by atoms with Gasteiger partial charge in [0.2, 0.25) is 11.8 Å². The molecule has 0 aliphatic carbocycles. The molecule has 23 heavy (non-hydrogen) atoms. The lowest BCUT2D eigenvalue weighted by molar-refractivity contribution is -0.133. The van der Waals surface area contributed by atoms with E-state index in [-0.39, 0.29) is 12.0 Å². The van der Waals surface area contributed by atoms with Gasteiger partial charge in [0.15, 0.2) is 5.82 Å². The molecule has 0 radical (unpaired) electrons. The van der Waals surface area contributed by atoms with E-state index in [1.807, 2.05) is 30.2 Å². The minimum Gasteiger partial charge on any atom is -0.473 e. The maximum absolute atomic E-state index is 11.9. The zero-order valence-corrected chi connectivity index (χ0v) is 13.3. The Morgan fingerprint density at radius 1 is 1.30 bits per heavy atom. The molecule has 1 aliphatic rings. The normalized spacial score (nSPS) is 15.6. The van der Waals surface area contributed by atoms with E-state index in [0.29, 0.717) is 18.1 Å². The van der Waals surface area contributed by atoms with E-state index < -0.39 is 0 Å². The van der Waals surface area contributed by atoms with Gasteiger partial charge < -0.3 is 9.64 Å². The number of piperidine rings is 1. The Kier molecular flexibility index (Phi) is 4.85.